The lowest BCUT2D eigenvalue weighted by Gasteiger charge is -2.42. The molecule has 0 atom stereocenters. The van der Waals surface area contributed by atoms with Crippen LogP contribution in [0.25, 0.3) is 0 Å². The maximum atomic E-state index is 13.2. The Morgan fingerprint density at radius 1 is 1.30 bits per heavy atom. The van der Waals surface area contributed by atoms with Crippen molar-refractivity contribution < 1.29 is 18.3 Å². The molecule has 27 heavy (non-hydrogen) atoms. The molecule has 1 saturated heterocycles. The van der Waals surface area contributed by atoms with E-state index >= 15 is 0 Å². The zero-order chi connectivity index (χ0) is 19.4. The average Bonchev–Trinajstić information content (AvgIpc) is 2.57. The van der Waals surface area contributed by atoms with E-state index in [-0.39, 0.29) is 17.5 Å². The molecule has 144 valence electrons. The fourth-order valence-corrected chi connectivity index (χ4v) is 3.37. The Morgan fingerprint density at radius 3 is 2.67 bits per heavy atom. The van der Waals surface area contributed by atoms with Gasteiger partial charge >= 0.3 is 6.61 Å². The van der Waals surface area contributed by atoms with Crippen molar-refractivity contribution in [2.24, 2.45) is 0 Å². The normalized spacial score (nSPS) is 15.3. The highest BCUT2D eigenvalue weighted by Gasteiger charge is 2.47. The van der Waals surface area contributed by atoms with Crippen LogP contribution in [0, 0.1) is 6.92 Å². The van der Waals surface area contributed by atoms with E-state index in [0.717, 1.165) is 24.0 Å². The van der Waals surface area contributed by atoms with E-state index in [2.05, 4.69) is 27.3 Å². The molecule has 2 N–H and O–H groups in total. The molecule has 5 nitrogen and oxygen atoms in total. The van der Waals surface area contributed by atoms with Crippen LogP contribution in [-0.4, -0.2) is 30.6 Å². The van der Waals surface area contributed by atoms with Crippen molar-refractivity contribution in [3.63, 3.8) is 0 Å². The summed E-state index contributed by atoms with van der Waals surface area (Å²) in [5.41, 5.74) is 2.03. The van der Waals surface area contributed by atoms with Crippen LogP contribution in [0.5, 0.6) is 5.88 Å². The van der Waals surface area contributed by atoms with Crippen molar-refractivity contribution in [2.45, 2.75) is 38.7 Å². The van der Waals surface area contributed by atoms with Gasteiger partial charge in [0.15, 0.2) is 0 Å². The number of anilines is 1. The Bertz CT molecular complexity index is 823. The van der Waals surface area contributed by atoms with Crippen molar-refractivity contribution in [1.29, 1.82) is 0 Å². The predicted octanol–water partition coefficient (Wildman–Crippen LogP) is 3.42. The zero-order valence-corrected chi connectivity index (χ0v) is 15.4. The van der Waals surface area contributed by atoms with E-state index in [4.69, 9.17) is 0 Å². The van der Waals surface area contributed by atoms with Crippen molar-refractivity contribution in [3.8, 4) is 5.88 Å². The third kappa shape index (κ3) is 3.93. The Labute approximate surface area is 157 Å². The number of pyridine rings is 1. The zero-order valence-electron chi connectivity index (χ0n) is 15.4. The van der Waals surface area contributed by atoms with Crippen molar-refractivity contribution in [1.82, 2.24) is 10.3 Å². The highest BCUT2D eigenvalue weighted by atomic mass is 19.3. The molecule has 0 radical (unpaired) electrons. The molecule has 1 aliphatic rings. The number of aryl methyl sites for hydroxylation is 2. The van der Waals surface area contributed by atoms with Crippen molar-refractivity contribution in [2.75, 3.05) is 18.4 Å². The first-order valence-electron chi connectivity index (χ1n) is 8.99. The van der Waals surface area contributed by atoms with E-state index < -0.39 is 12.0 Å². The molecule has 1 amide bonds. The second kappa shape index (κ2) is 8.00. The second-order valence-electron chi connectivity index (χ2n) is 6.73. The minimum absolute atomic E-state index is 0.144. The molecule has 0 unspecified atom stereocenters. The van der Waals surface area contributed by atoms with Crippen LogP contribution in [0.4, 0.5) is 14.5 Å². The number of amides is 1. The summed E-state index contributed by atoms with van der Waals surface area (Å²) in [6, 6.07) is 11.1. The van der Waals surface area contributed by atoms with E-state index in [1.54, 1.807) is 13.0 Å². The lowest BCUT2D eigenvalue weighted by Crippen LogP contribution is -2.63. The molecule has 1 aromatic heterocycles. The molecule has 0 bridgehead atoms. The van der Waals surface area contributed by atoms with E-state index in [9.17, 15) is 13.6 Å². The quantitative estimate of drug-likeness (QED) is 0.778. The fourth-order valence-electron chi connectivity index (χ4n) is 3.37. The second-order valence-corrected chi connectivity index (χ2v) is 6.73. The van der Waals surface area contributed by atoms with Gasteiger partial charge in [0, 0.05) is 18.8 Å². The number of benzene rings is 1. The first kappa shape index (κ1) is 19.2. The fraction of sp³-hybridized carbons (Fsp3) is 0.400. The molecular formula is C20H23F2N3O2. The minimum Gasteiger partial charge on any atom is -0.415 e. The maximum Gasteiger partial charge on any atom is 0.388 e. The summed E-state index contributed by atoms with van der Waals surface area (Å²) in [4.78, 5) is 17.2. The Kier molecular flexibility index (Phi) is 5.70. The summed E-state index contributed by atoms with van der Waals surface area (Å²) in [6.07, 6.45) is 1.84. The van der Waals surface area contributed by atoms with Gasteiger partial charge in [-0.3, -0.25) is 4.79 Å². The van der Waals surface area contributed by atoms with Crippen LogP contribution in [0.3, 0.4) is 0 Å². The van der Waals surface area contributed by atoms with Crippen LogP contribution in [0.1, 0.15) is 30.2 Å². The largest absolute Gasteiger partial charge is 0.415 e. The lowest BCUT2D eigenvalue weighted by molar-refractivity contribution is -0.123. The van der Waals surface area contributed by atoms with E-state index in [0.29, 0.717) is 18.8 Å². The summed E-state index contributed by atoms with van der Waals surface area (Å²) in [6.45, 7) is 1.73. The molecule has 2 heterocycles. The topological polar surface area (TPSA) is 63.2 Å². The Morgan fingerprint density at radius 2 is 2.04 bits per heavy atom. The van der Waals surface area contributed by atoms with Crippen LogP contribution < -0.4 is 15.4 Å². The number of carbonyl (C=O) groups excluding carboxylic acids is 1. The first-order valence-corrected chi connectivity index (χ1v) is 8.99. The van der Waals surface area contributed by atoms with Crippen LogP contribution in [0.2, 0.25) is 0 Å². The van der Waals surface area contributed by atoms with Gasteiger partial charge in [-0.15, -0.1) is 0 Å². The smallest absolute Gasteiger partial charge is 0.388 e. The van der Waals surface area contributed by atoms with Crippen LogP contribution in [-0.2, 0) is 16.6 Å². The molecule has 1 aromatic carbocycles. The predicted molar refractivity (Wildman–Crippen MR) is 99.2 cm³/mol. The molecule has 7 heteroatoms. The van der Waals surface area contributed by atoms with Gasteiger partial charge in [-0.1, -0.05) is 37.6 Å². The van der Waals surface area contributed by atoms with E-state index in [1.807, 2.05) is 24.3 Å². The van der Waals surface area contributed by atoms with Gasteiger partial charge in [-0.2, -0.15) is 8.78 Å². The minimum atomic E-state index is -3.01. The average molecular weight is 375 g/mol. The number of alkyl halides is 2. The summed E-state index contributed by atoms with van der Waals surface area (Å²) in [5, 5.41) is 5.92. The molecule has 0 aliphatic carbocycles. The number of rotatable bonds is 7. The van der Waals surface area contributed by atoms with Gasteiger partial charge < -0.3 is 15.4 Å². The third-order valence-electron chi connectivity index (χ3n) is 4.79. The molecule has 2 aromatic rings. The molecule has 3 rings (SSSR count). The van der Waals surface area contributed by atoms with Gasteiger partial charge in [0.1, 0.15) is 5.69 Å². The number of nitrogens with one attached hydrogen (secondary N) is 2. The van der Waals surface area contributed by atoms with E-state index in [1.165, 1.54) is 6.07 Å². The maximum absolute atomic E-state index is 13.2. The number of aromatic nitrogens is 1. The number of halogens is 2. The monoisotopic (exact) mass is 375 g/mol. The number of nitrogens with zero attached hydrogens (tertiary/aromatic N) is 1. The van der Waals surface area contributed by atoms with Gasteiger partial charge in [-0.25, -0.2) is 4.98 Å². The summed E-state index contributed by atoms with van der Waals surface area (Å²) in [5.74, 6) is -0.530. The van der Waals surface area contributed by atoms with Gasteiger partial charge in [0.2, 0.25) is 11.8 Å². The lowest BCUT2D eigenvalue weighted by atomic mass is 9.72. The Hall–Kier alpha value is -2.54. The molecular weight excluding hydrogens is 352 g/mol. The molecule has 1 aliphatic heterocycles. The standard InChI is InChI=1S/C20H23F2N3O2/c1-3-6-14-7-4-5-8-15(14)20(11-23-12-20)18(26)25-16-10-9-13(2)24-17(16)27-19(21)22/h4-5,7-10,19,23H,3,6,11-12H2,1-2H3,(H,25,26). The number of ether oxygens (including phenoxy) is 1. The van der Waals surface area contributed by atoms with Gasteiger partial charge in [0.05, 0.1) is 5.41 Å². The third-order valence-corrected chi connectivity index (χ3v) is 4.79. The molecule has 0 spiro atoms. The summed E-state index contributed by atoms with van der Waals surface area (Å²) >= 11 is 0. The summed E-state index contributed by atoms with van der Waals surface area (Å²) < 4.78 is 29.9. The number of hydrogen-bond donors (Lipinski definition) is 2. The number of carbonyl (C=O) groups is 1. The van der Waals surface area contributed by atoms with Gasteiger partial charge in [0.25, 0.3) is 0 Å². The molecule has 0 saturated carbocycles. The van der Waals surface area contributed by atoms with Crippen LogP contribution >= 0.6 is 0 Å². The van der Waals surface area contributed by atoms with Crippen molar-refractivity contribution in [3.05, 3.63) is 53.2 Å². The first-order chi connectivity index (χ1) is 13.0. The highest BCUT2D eigenvalue weighted by Crippen LogP contribution is 2.34. The summed E-state index contributed by atoms with van der Waals surface area (Å²) in [7, 11) is 0. The van der Waals surface area contributed by atoms with Crippen molar-refractivity contribution >= 4 is 11.6 Å². The highest BCUT2D eigenvalue weighted by molar-refractivity contribution is 6.01. The number of hydrogen-bond acceptors (Lipinski definition) is 4. The molecule has 1 fully saturated rings. The van der Waals surface area contributed by atoms with Gasteiger partial charge in [-0.05, 0) is 36.6 Å². The Balaban J connectivity index is 1.91. The SMILES string of the molecule is CCCc1ccccc1C1(C(=O)Nc2ccc(C)nc2OC(F)F)CNC1. The van der Waals surface area contributed by atoms with Crippen LogP contribution in [0.15, 0.2) is 36.4 Å².